The van der Waals surface area contributed by atoms with Crippen molar-refractivity contribution in [2.75, 3.05) is 0 Å². The molecule has 3 rings (SSSR count). The molecule has 2 aromatic rings. The van der Waals surface area contributed by atoms with Crippen molar-refractivity contribution in [3.05, 3.63) is 40.3 Å². The Balaban J connectivity index is 2.04. The molecule has 0 saturated heterocycles. The highest BCUT2D eigenvalue weighted by Crippen LogP contribution is 2.32. The van der Waals surface area contributed by atoms with Crippen molar-refractivity contribution in [2.45, 2.75) is 45.7 Å². The smallest absolute Gasteiger partial charge is 0.274 e. The molecule has 1 heterocycles. The van der Waals surface area contributed by atoms with Gasteiger partial charge in [-0.05, 0) is 38.2 Å². The van der Waals surface area contributed by atoms with Gasteiger partial charge in [0.25, 0.3) is 11.5 Å². The SMILES string of the molecule is CCCn1nc(C(=O)N[C@H](C)C2CC2)c2ccccc2c1=O. The Hall–Kier alpha value is -2.17. The minimum absolute atomic E-state index is 0.135. The molecule has 1 aromatic heterocycles. The maximum atomic E-state index is 12.6. The van der Waals surface area contributed by atoms with E-state index in [9.17, 15) is 9.59 Å². The van der Waals surface area contributed by atoms with Crippen molar-refractivity contribution in [1.29, 1.82) is 0 Å². The van der Waals surface area contributed by atoms with E-state index in [1.165, 1.54) is 17.5 Å². The molecule has 1 amide bonds. The Labute approximate surface area is 129 Å². The topological polar surface area (TPSA) is 64.0 Å². The average Bonchev–Trinajstić information content (AvgIpc) is 3.35. The average molecular weight is 299 g/mol. The first kappa shape index (κ1) is 14.8. The van der Waals surface area contributed by atoms with Gasteiger partial charge in [-0.15, -0.1) is 0 Å². The summed E-state index contributed by atoms with van der Waals surface area (Å²) in [5, 5.41) is 8.51. The number of carbonyl (C=O) groups is 1. The Bertz CT molecular complexity index is 762. The standard InChI is InChI=1S/C17H21N3O2/c1-3-10-20-17(22)14-7-5-4-6-13(14)15(19-20)16(21)18-11(2)12-8-9-12/h4-7,11-12H,3,8-10H2,1-2H3,(H,18,21)/t11-/m1/s1. The van der Waals surface area contributed by atoms with Gasteiger partial charge in [0.1, 0.15) is 0 Å². The molecule has 1 atom stereocenters. The van der Waals surface area contributed by atoms with Gasteiger partial charge in [-0.2, -0.15) is 5.10 Å². The first-order valence-corrected chi connectivity index (χ1v) is 7.92. The van der Waals surface area contributed by atoms with Crippen molar-refractivity contribution >= 4 is 16.7 Å². The number of amides is 1. The predicted molar refractivity (Wildman–Crippen MR) is 85.9 cm³/mol. The second kappa shape index (κ2) is 5.91. The Kier molecular flexibility index (Phi) is 3.96. The van der Waals surface area contributed by atoms with Crippen LogP contribution in [0.15, 0.2) is 29.1 Å². The maximum Gasteiger partial charge on any atom is 0.274 e. The van der Waals surface area contributed by atoms with Crippen LogP contribution in [-0.4, -0.2) is 21.7 Å². The molecular weight excluding hydrogens is 278 g/mol. The number of aromatic nitrogens is 2. The van der Waals surface area contributed by atoms with Gasteiger partial charge in [0.2, 0.25) is 0 Å². The van der Waals surface area contributed by atoms with Crippen LogP contribution in [0.2, 0.25) is 0 Å². The lowest BCUT2D eigenvalue weighted by Gasteiger charge is -2.14. The lowest BCUT2D eigenvalue weighted by Crippen LogP contribution is -2.36. The number of fused-ring (bicyclic) bond motifs is 1. The summed E-state index contributed by atoms with van der Waals surface area (Å²) in [4.78, 5) is 25.0. The fourth-order valence-corrected chi connectivity index (χ4v) is 2.76. The van der Waals surface area contributed by atoms with E-state index in [1.807, 2.05) is 26.0 Å². The lowest BCUT2D eigenvalue weighted by molar-refractivity contribution is 0.0930. The van der Waals surface area contributed by atoms with Crippen molar-refractivity contribution in [3.63, 3.8) is 0 Å². The van der Waals surface area contributed by atoms with Crippen LogP contribution in [0.5, 0.6) is 0 Å². The number of hydrogen-bond donors (Lipinski definition) is 1. The number of benzene rings is 1. The van der Waals surface area contributed by atoms with Crippen molar-refractivity contribution in [1.82, 2.24) is 15.1 Å². The molecule has 0 radical (unpaired) electrons. The van der Waals surface area contributed by atoms with E-state index in [4.69, 9.17) is 0 Å². The number of rotatable bonds is 5. The second-order valence-electron chi connectivity index (χ2n) is 6.02. The van der Waals surface area contributed by atoms with Crippen molar-refractivity contribution < 1.29 is 4.79 Å². The summed E-state index contributed by atoms with van der Waals surface area (Å²) in [7, 11) is 0. The predicted octanol–water partition coefficient (Wildman–Crippen LogP) is 2.33. The third kappa shape index (κ3) is 2.75. The van der Waals surface area contributed by atoms with Crippen molar-refractivity contribution in [2.24, 2.45) is 5.92 Å². The first-order valence-electron chi connectivity index (χ1n) is 7.92. The van der Waals surface area contributed by atoms with Crippen LogP contribution in [0.4, 0.5) is 0 Å². The molecule has 22 heavy (non-hydrogen) atoms. The minimum atomic E-state index is -0.194. The second-order valence-corrected chi connectivity index (χ2v) is 6.02. The van der Waals surface area contributed by atoms with E-state index in [-0.39, 0.29) is 17.5 Å². The van der Waals surface area contributed by atoms with Crippen LogP contribution in [0, 0.1) is 5.92 Å². The Morgan fingerprint density at radius 2 is 2.05 bits per heavy atom. The van der Waals surface area contributed by atoms with E-state index < -0.39 is 0 Å². The lowest BCUT2D eigenvalue weighted by atomic mass is 10.1. The highest BCUT2D eigenvalue weighted by atomic mass is 16.2. The van der Waals surface area contributed by atoms with Gasteiger partial charge in [0.15, 0.2) is 5.69 Å². The molecule has 0 spiro atoms. The normalized spacial score (nSPS) is 15.7. The zero-order valence-electron chi connectivity index (χ0n) is 13.0. The summed E-state index contributed by atoms with van der Waals surface area (Å²) in [6, 6.07) is 7.34. The molecule has 1 aliphatic rings. The van der Waals surface area contributed by atoms with Crippen LogP contribution in [0.1, 0.15) is 43.6 Å². The van der Waals surface area contributed by atoms with E-state index in [0.29, 0.717) is 28.9 Å². The quantitative estimate of drug-likeness (QED) is 0.921. The number of nitrogens with zero attached hydrogens (tertiary/aromatic N) is 2. The van der Waals surface area contributed by atoms with E-state index in [0.717, 1.165) is 6.42 Å². The maximum absolute atomic E-state index is 12.6. The van der Waals surface area contributed by atoms with Gasteiger partial charge in [0, 0.05) is 18.0 Å². The molecule has 1 saturated carbocycles. The molecule has 1 fully saturated rings. The van der Waals surface area contributed by atoms with Gasteiger partial charge < -0.3 is 5.32 Å². The molecule has 1 aliphatic carbocycles. The minimum Gasteiger partial charge on any atom is -0.348 e. The van der Waals surface area contributed by atoms with Gasteiger partial charge >= 0.3 is 0 Å². The third-order valence-electron chi connectivity index (χ3n) is 4.21. The Morgan fingerprint density at radius 3 is 2.68 bits per heavy atom. The molecule has 5 nitrogen and oxygen atoms in total. The molecular formula is C17H21N3O2. The van der Waals surface area contributed by atoms with Crippen LogP contribution < -0.4 is 10.9 Å². The molecule has 0 unspecified atom stereocenters. The number of hydrogen-bond acceptors (Lipinski definition) is 3. The molecule has 116 valence electrons. The third-order valence-corrected chi connectivity index (χ3v) is 4.21. The number of aryl methyl sites for hydroxylation is 1. The largest absolute Gasteiger partial charge is 0.348 e. The highest BCUT2D eigenvalue weighted by Gasteiger charge is 2.30. The van der Waals surface area contributed by atoms with Gasteiger partial charge in [-0.25, -0.2) is 4.68 Å². The van der Waals surface area contributed by atoms with E-state index in [1.54, 1.807) is 12.1 Å². The summed E-state index contributed by atoms with van der Waals surface area (Å²) in [6.07, 6.45) is 3.14. The van der Waals surface area contributed by atoms with E-state index in [2.05, 4.69) is 10.4 Å². The van der Waals surface area contributed by atoms with Crippen LogP contribution in [0.3, 0.4) is 0 Å². The summed E-state index contributed by atoms with van der Waals surface area (Å²) in [6.45, 7) is 4.53. The Morgan fingerprint density at radius 1 is 1.36 bits per heavy atom. The zero-order chi connectivity index (χ0) is 15.7. The van der Waals surface area contributed by atoms with Gasteiger partial charge in [0.05, 0.1) is 5.39 Å². The first-order chi connectivity index (χ1) is 10.6. The summed E-state index contributed by atoms with van der Waals surface area (Å²) < 4.78 is 1.40. The van der Waals surface area contributed by atoms with E-state index >= 15 is 0 Å². The molecule has 1 N–H and O–H groups in total. The van der Waals surface area contributed by atoms with Crippen LogP contribution in [-0.2, 0) is 6.54 Å². The number of carbonyl (C=O) groups excluding carboxylic acids is 1. The zero-order valence-corrected chi connectivity index (χ0v) is 13.0. The molecule has 0 bridgehead atoms. The van der Waals surface area contributed by atoms with Crippen LogP contribution >= 0.6 is 0 Å². The van der Waals surface area contributed by atoms with Gasteiger partial charge in [-0.3, -0.25) is 9.59 Å². The van der Waals surface area contributed by atoms with Gasteiger partial charge in [-0.1, -0.05) is 25.1 Å². The monoisotopic (exact) mass is 299 g/mol. The summed E-state index contributed by atoms with van der Waals surface area (Å²) in [5.74, 6) is 0.386. The molecule has 0 aliphatic heterocycles. The fraction of sp³-hybridized carbons (Fsp3) is 0.471. The van der Waals surface area contributed by atoms with Crippen molar-refractivity contribution in [3.8, 4) is 0 Å². The highest BCUT2D eigenvalue weighted by molar-refractivity contribution is 6.04. The molecule has 1 aromatic carbocycles. The van der Waals surface area contributed by atoms with Crippen LogP contribution in [0.25, 0.3) is 10.8 Å². The summed E-state index contributed by atoms with van der Waals surface area (Å²) >= 11 is 0. The fourth-order valence-electron chi connectivity index (χ4n) is 2.76. The number of nitrogens with one attached hydrogen (secondary N) is 1. The summed E-state index contributed by atoms with van der Waals surface area (Å²) in [5.41, 5.74) is 0.209. The molecule has 5 heteroatoms.